The van der Waals surface area contributed by atoms with Gasteiger partial charge in [-0.3, -0.25) is 0 Å². The molecule has 2 aromatic carbocycles. The van der Waals surface area contributed by atoms with Crippen LogP contribution in [-0.2, 0) is 0 Å². The van der Waals surface area contributed by atoms with Crippen LogP contribution in [0.4, 0.5) is 23.1 Å². The van der Waals surface area contributed by atoms with Crippen molar-refractivity contribution in [3.8, 4) is 0 Å². The number of halogens is 2. The maximum atomic E-state index is 11.3. The molecule has 0 saturated carbocycles. The lowest BCUT2D eigenvalue weighted by Crippen LogP contribution is -2.07. The number of aromatic nitrogens is 2. The normalized spacial score (nSPS) is 9.89. The summed E-state index contributed by atoms with van der Waals surface area (Å²) < 4.78 is 0. The van der Waals surface area contributed by atoms with Crippen LogP contribution in [0.3, 0.4) is 0 Å². The highest BCUT2D eigenvalue weighted by Gasteiger charge is 2.13. The summed E-state index contributed by atoms with van der Waals surface area (Å²) in [5.41, 5.74) is 0.741. The molecule has 3 rings (SSSR count). The Kier molecular flexibility index (Phi) is 6.75. The summed E-state index contributed by atoms with van der Waals surface area (Å²) in [5, 5.41) is 24.3. The number of hydrogen-bond donors (Lipinski definition) is 4. The van der Waals surface area contributed by atoms with Gasteiger partial charge in [0, 0.05) is 6.07 Å². The molecule has 28 heavy (non-hydrogen) atoms. The number of nitrogens with one attached hydrogen (secondary N) is 2. The third-order valence-electron chi connectivity index (χ3n) is 3.52. The Morgan fingerprint density at radius 3 is 1.86 bits per heavy atom. The van der Waals surface area contributed by atoms with Crippen molar-refractivity contribution in [2.45, 2.75) is 0 Å². The molecule has 0 atom stereocenters. The lowest BCUT2D eigenvalue weighted by Gasteiger charge is -2.12. The van der Waals surface area contributed by atoms with Crippen LogP contribution >= 0.6 is 24.0 Å². The Bertz CT molecular complexity index is 952. The molecule has 0 bridgehead atoms. The van der Waals surface area contributed by atoms with Crippen LogP contribution in [-0.4, -0.2) is 32.1 Å². The number of hydrogen-bond acceptors (Lipinski definition) is 6. The molecule has 0 radical (unpaired) electrons. The summed E-state index contributed by atoms with van der Waals surface area (Å²) in [6.07, 6.45) is 0. The lowest BCUT2D eigenvalue weighted by atomic mass is 10.2. The van der Waals surface area contributed by atoms with Crippen molar-refractivity contribution in [3.63, 3.8) is 0 Å². The van der Waals surface area contributed by atoms with E-state index in [1.54, 1.807) is 36.4 Å². The van der Waals surface area contributed by atoms with Gasteiger partial charge in [0.25, 0.3) is 0 Å². The minimum atomic E-state index is -1.10. The fraction of sp³-hybridized carbons (Fsp3) is 0. The predicted molar refractivity (Wildman–Crippen MR) is 108 cm³/mol. The Morgan fingerprint density at radius 1 is 0.821 bits per heavy atom. The Morgan fingerprint density at radius 2 is 1.32 bits per heavy atom. The SMILES string of the molecule is Cl.O=C(O)c1ccccc1Nc1cc(Cl)nc(Nc2ccccc2C(=O)O)n1. The second-order valence-electron chi connectivity index (χ2n) is 5.35. The zero-order chi connectivity index (χ0) is 19.4. The molecule has 0 spiro atoms. The van der Waals surface area contributed by atoms with Crippen molar-refractivity contribution in [2.24, 2.45) is 0 Å². The number of para-hydroxylation sites is 2. The van der Waals surface area contributed by atoms with E-state index in [-0.39, 0.29) is 40.5 Å². The van der Waals surface area contributed by atoms with E-state index in [0.29, 0.717) is 11.4 Å². The number of carboxylic acid groups (broad SMARTS) is 2. The molecule has 3 aromatic rings. The third-order valence-corrected chi connectivity index (χ3v) is 3.71. The first-order valence-corrected chi connectivity index (χ1v) is 8.05. The monoisotopic (exact) mass is 420 g/mol. The summed E-state index contributed by atoms with van der Waals surface area (Å²) in [4.78, 5) is 30.9. The Balaban J connectivity index is 0.00000280. The highest BCUT2D eigenvalue weighted by atomic mass is 35.5. The van der Waals surface area contributed by atoms with E-state index in [9.17, 15) is 19.8 Å². The summed E-state index contributed by atoms with van der Waals surface area (Å²) in [6, 6.07) is 14.0. The molecule has 1 heterocycles. The van der Waals surface area contributed by atoms with Crippen molar-refractivity contribution in [1.82, 2.24) is 9.97 Å². The Labute approximate surface area is 170 Å². The van der Waals surface area contributed by atoms with Gasteiger partial charge in [-0.2, -0.15) is 4.98 Å². The fourth-order valence-electron chi connectivity index (χ4n) is 2.35. The standard InChI is InChI=1S/C18H13ClN4O4.ClH/c19-14-9-15(20-12-7-3-1-5-10(12)16(24)25)23-18(22-14)21-13-8-4-2-6-11(13)17(26)27;/h1-9H,(H,24,25)(H,26,27)(H2,20,21,22,23);1H. The first-order valence-electron chi connectivity index (χ1n) is 7.67. The molecule has 0 amide bonds. The van der Waals surface area contributed by atoms with Gasteiger partial charge in [0.05, 0.1) is 22.5 Å². The average Bonchev–Trinajstić information content (AvgIpc) is 2.61. The van der Waals surface area contributed by atoms with Crippen molar-refractivity contribution in [3.05, 3.63) is 70.9 Å². The maximum Gasteiger partial charge on any atom is 0.337 e. The number of carbonyl (C=O) groups is 2. The van der Waals surface area contributed by atoms with E-state index < -0.39 is 11.9 Å². The molecule has 0 fully saturated rings. The van der Waals surface area contributed by atoms with Gasteiger partial charge >= 0.3 is 11.9 Å². The zero-order valence-electron chi connectivity index (χ0n) is 14.1. The van der Waals surface area contributed by atoms with Gasteiger partial charge in [-0.05, 0) is 24.3 Å². The van der Waals surface area contributed by atoms with Crippen LogP contribution < -0.4 is 10.6 Å². The van der Waals surface area contributed by atoms with Gasteiger partial charge in [0.1, 0.15) is 11.0 Å². The molecular formula is C18H14Cl2N4O4. The molecule has 0 unspecified atom stereocenters. The molecule has 1 aromatic heterocycles. The first-order chi connectivity index (χ1) is 12.9. The average molecular weight is 421 g/mol. The van der Waals surface area contributed by atoms with E-state index in [1.165, 1.54) is 18.2 Å². The number of carboxylic acids is 2. The molecule has 0 aliphatic carbocycles. The second-order valence-corrected chi connectivity index (χ2v) is 5.74. The molecule has 0 aliphatic rings. The highest BCUT2D eigenvalue weighted by Crippen LogP contribution is 2.24. The van der Waals surface area contributed by atoms with Crippen LogP contribution in [0.1, 0.15) is 20.7 Å². The van der Waals surface area contributed by atoms with Crippen LogP contribution in [0, 0.1) is 0 Å². The van der Waals surface area contributed by atoms with E-state index in [0.717, 1.165) is 0 Å². The largest absolute Gasteiger partial charge is 0.478 e. The van der Waals surface area contributed by atoms with Crippen molar-refractivity contribution >= 4 is 59.1 Å². The van der Waals surface area contributed by atoms with Crippen molar-refractivity contribution in [2.75, 3.05) is 10.6 Å². The van der Waals surface area contributed by atoms with Crippen LogP contribution in [0.25, 0.3) is 0 Å². The maximum absolute atomic E-state index is 11.3. The molecule has 0 saturated heterocycles. The molecular weight excluding hydrogens is 407 g/mol. The topological polar surface area (TPSA) is 124 Å². The van der Waals surface area contributed by atoms with E-state index in [2.05, 4.69) is 20.6 Å². The molecule has 10 heteroatoms. The Hall–Kier alpha value is -3.36. The quantitative estimate of drug-likeness (QED) is 0.431. The van der Waals surface area contributed by atoms with Gasteiger partial charge in [-0.25, -0.2) is 14.6 Å². The summed E-state index contributed by atoms with van der Waals surface area (Å²) in [5.74, 6) is -1.88. The minimum absolute atomic E-state index is 0. The van der Waals surface area contributed by atoms with Gasteiger partial charge in [-0.15, -0.1) is 12.4 Å². The predicted octanol–water partition coefficient (Wildman–Crippen LogP) is 4.44. The van der Waals surface area contributed by atoms with Crippen molar-refractivity contribution in [1.29, 1.82) is 0 Å². The van der Waals surface area contributed by atoms with Crippen molar-refractivity contribution < 1.29 is 19.8 Å². The van der Waals surface area contributed by atoms with E-state index in [1.807, 2.05) is 0 Å². The van der Waals surface area contributed by atoms with E-state index >= 15 is 0 Å². The molecule has 8 nitrogen and oxygen atoms in total. The highest BCUT2D eigenvalue weighted by molar-refractivity contribution is 6.29. The first kappa shape index (κ1) is 20.9. The number of benzene rings is 2. The van der Waals surface area contributed by atoms with Crippen LogP contribution in [0.5, 0.6) is 0 Å². The van der Waals surface area contributed by atoms with E-state index in [4.69, 9.17) is 11.6 Å². The minimum Gasteiger partial charge on any atom is -0.478 e. The molecule has 4 N–H and O–H groups in total. The third kappa shape index (κ3) is 4.87. The summed E-state index contributed by atoms with van der Waals surface area (Å²) in [6.45, 7) is 0. The number of anilines is 4. The van der Waals surface area contributed by atoms with Gasteiger partial charge in [0.2, 0.25) is 5.95 Å². The summed E-state index contributed by atoms with van der Waals surface area (Å²) in [7, 11) is 0. The second kappa shape index (κ2) is 9.03. The molecule has 0 aliphatic heterocycles. The zero-order valence-corrected chi connectivity index (χ0v) is 15.7. The molecule has 144 valence electrons. The number of aromatic carboxylic acids is 2. The lowest BCUT2D eigenvalue weighted by molar-refractivity contribution is 0.0687. The number of nitrogens with zero attached hydrogens (tertiary/aromatic N) is 2. The van der Waals surface area contributed by atoms with Gasteiger partial charge < -0.3 is 20.8 Å². The van der Waals surface area contributed by atoms with Crippen LogP contribution in [0.2, 0.25) is 5.15 Å². The summed E-state index contributed by atoms with van der Waals surface area (Å²) >= 11 is 6.02. The van der Waals surface area contributed by atoms with Gasteiger partial charge in [-0.1, -0.05) is 35.9 Å². The number of rotatable bonds is 6. The smallest absolute Gasteiger partial charge is 0.337 e. The fourth-order valence-corrected chi connectivity index (χ4v) is 2.54. The van der Waals surface area contributed by atoms with Gasteiger partial charge in [0.15, 0.2) is 0 Å². The van der Waals surface area contributed by atoms with Crippen LogP contribution in [0.15, 0.2) is 54.6 Å².